The first-order valence-corrected chi connectivity index (χ1v) is 9.90. The van der Waals surface area contributed by atoms with Gasteiger partial charge in [-0.25, -0.2) is 4.79 Å². The molecule has 0 aromatic heterocycles. The molecule has 0 radical (unpaired) electrons. The largest absolute Gasteiger partial charge is 0.467 e. The number of anilines is 1. The van der Waals surface area contributed by atoms with Crippen molar-refractivity contribution in [3.63, 3.8) is 0 Å². The first-order valence-electron chi connectivity index (χ1n) is 9.90. The van der Waals surface area contributed by atoms with Crippen LogP contribution in [0.15, 0.2) is 97.1 Å². The number of benzene rings is 3. The fraction of sp³-hybridized carbons (Fsp3) is 0.192. The van der Waals surface area contributed by atoms with Gasteiger partial charge in [0.2, 0.25) is 0 Å². The molecule has 0 saturated heterocycles. The zero-order valence-electron chi connectivity index (χ0n) is 17.0. The van der Waals surface area contributed by atoms with Crippen LogP contribution in [0, 0.1) is 0 Å². The van der Waals surface area contributed by atoms with Crippen LogP contribution in [0.4, 0.5) is 5.69 Å². The van der Waals surface area contributed by atoms with Crippen molar-refractivity contribution < 1.29 is 9.53 Å². The number of carbonyl (C=O) groups is 1. The van der Waals surface area contributed by atoms with Crippen molar-refractivity contribution in [2.24, 2.45) is 0 Å². The highest BCUT2D eigenvalue weighted by atomic mass is 16.5. The smallest absolute Gasteiger partial charge is 0.336 e. The van der Waals surface area contributed by atoms with Gasteiger partial charge in [0.15, 0.2) is 5.54 Å². The van der Waals surface area contributed by atoms with E-state index in [0.717, 1.165) is 16.8 Å². The van der Waals surface area contributed by atoms with E-state index in [9.17, 15) is 4.79 Å². The van der Waals surface area contributed by atoms with Gasteiger partial charge in [0.05, 0.1) is 7.11 Å². The molecule has 0 N–H and O–H groups in total. The normalized spacial score (nSPS) is 13.0. The molecule has 0 unspecified atom stereocenters. The molecule has 3 rings (SSSR count). The monoisotopic (exact) mass is 385 g/mol. The number of ether oxygens (including phenoxy) is 1. The molecular weight excluding hydrogens is 358 g/mol. The minimum Gasteiger partial charge on any atom is -0.467 e. The number of nitrogens with zero attached hydrogens (tertiary/aromatic N) is 1. The van der Waals surface area contributed by atoms with E-state index in [1.54, 1.807) is 0 Å². The Bertz CT molecular complexity index is 923. The van der Waals surface area contributed by atoms with Gasteiger partial charge in [-0.2, -0.15) is 0 Å². The summed E-state index contributed by atoms with van der Waals surface area (Å²) < 4.78 is 5.36. The van der Waals surface area contributed by atoms with E-state index in [2.05, 4.69) is 24.0 Å². The Hall–Kier alpha value is -3.33. The Balaban J connectivity index is 2.12. The summed E-state index contributed by atoms with van der Waals surface area (Å²) in [6, 6.07) is 30.0. The molecule has 3 aromatic rings. The number of likely N-dealkylation sites (N-methyl/N-ethyl adjacent to an activating group) is 1. The lowest BCUT2D eigenvalue weighted by atomic mass is 9.83. The van der Waals surface area contributed by atoms with Crippen molar-refractivity contribution in [2.45, 2.75) is 18.9 Å². The van der Waals surface area contributed by atoms with E-state index >= 15 is 0 Å². The maximum atomic E-state index is 13.4. The molecule has 148 valence electrons. The number of hydrogen-bond acceptors (Lipinski definition) is 3. The molecule has 0 amide bonds. The summed E-state index contributed by atoms with van der Waals surface area (Å²) >= 11 is 0. The van der Waals surface area contributed by atoms with Crippen LogP contribution in [-0.4, -0.2) is 19.6 Å². The number of methoxy groups -OCH3 is 1. The Morgan fingerprint density at radius 2 is 1.45 bits per heavy atom. The third-order valence-corrected chi connectivity index (χ3v) is 5.14. The molecule has 3 heteroatoms. The van der Waals surface area contributed by atoms with Crippen molar-refractivity contribution >= 4 is 17.7 Å². The highest BCUT2D eigenvalue weighted by Gasteiger charge is 2.45. The van der Waals surface area contributed by atoms with Crippen LogP contribution in [0.2, 0.25) is 0 Å². The first kappa shape index (κ1) is 20.4. The van der Waals surface area contributed by atoms with Crippen LogP contribution in [0.1, 0.15) is 24.5 Å². The summed E-state index contributed by atoms with van der Waals surface area (Å²) in [7, 11) is 1.46. The maximum Gasteiger partial charge on any atom is 0.336 e. The lowest BCUT2D eigenvalue weighted by molar-refractivity contribution is -0.147. The van der Waals surface area contributed by atoms with Gasteiger partial charge in [0.1, 0.15) is 0 Å². The summed E-state index contributed by atoms with van der Waals surface area (Å²) in [4.78, 5) is 15.5. The molecule has 0 bridgehead atoms. The van der Waals surface area contributed by atoms with E-state index in [1.807, 2.05) is 91.0 Å². The predicted molar refractivity (Wildman–Crippen MR) is 120 cm³/mol. The van der Waals surface area contributed by atoms with E-state index in [0.29, 0.717) is 13.0 Å². The van der Waals surface area contributed by atoms with Crippen molar-refractivity contribution in [1.82, 2.24) is 0 Å². The fourth-order valence-electron chi connectivity index (χ4n) is 3.79. The quantitative estimate of drug-likeness (QED) is 0.467. The van der Waals surface area contributed by atoms with E-state index in [-0.39, 0.29) is 5.97 Å². The number of rotatable bonds is 8. The third-order valence-electron chi connectivity index (χ3n) is 5.14. The molecule has 0 saturated carbocycles. The van der Waals surface area contributed by atoms with E-state index in [4.69, 9.17) is 4.74 Å². The molecule has 3 aromatic carbocycles. The molecule has 0 aliphatic rings. The Morgan fingerprint density at radius 1 is 0.897 bits per heavy atom. The van der Waals surface area contributed by atoms with Gasteiger partial charge < -0.3 is 9.64 Å². The third kappa shape index (κ3) is 4.40. The number of carbonyl (C=O) groups excluding carboxylic acids is 1. The predicted octanol–water partition coefficient (Wildman–Crippen LogP) is 5.68. The second kappa shape index (κ2) is 9.74. The Morgan fingerprint density at radius 3 is 2.00 bits per heavy atom. The van der Waals surface area contributed by atoms with Crippen LogP contribution in [0.5, 0.6) is 0 Å². The van der Waals surface area contributed by atoms with Gasteiger partial charge >= 0.3 is 5.97 Å². The van der Waals surface area contributed by atoms with Gasteiger partial charge in [-0.05, 0) is 30.2 Å². The van der Waals surface area contributed by atoms with Crippen molar-refractivity contribution in [2.75, 3.05) is 18.6 Å². The van der Waals surface area contributed by atoms with Crippen LogP contribution >= 0.6 is 0 Å². The fourth-order valence-corrected chi connectivity index (χ4v) is 3.79. The number of hydrogen-bond donors (Lipinski definition) is 0. The molecule has 3 nitrogen and oxygen atoms in total. The highest BCUT2D eigenvalue weighted by molar-refractivity contribution is 5.87. The Kier molecular flexibility index (Phi) is 6.85. The van der Waals surface area contributed by atoms with Crippen molar-refractivity contribution in [1.29, 1.82) is 0 Å². The van der Waals surface area contributed by atoms with Gasteiger partial charge in [0.25, 0.3) is 0 Å². The van der Waals surface area contributed by atoms with Gasteiger partial charge in [-0.1, -0.05) is 91.0 Å². The summed E-state index contributed by atoms with van der Waals surface area (Å²) in [5.74, 6) is -0.271. The van der Waals surface area contributed by atoms with Crippen LogP contribution in [-0.2, 0) is 15.1 Å². The molecular formula is C26H27NO2. The maximum absolute atomic E-state index is 13.4. The molecule has 0 aliphatic heterocycles. The second-order valence-corrected chi connectivity index (χ2v) is 6.81. The number of para-hydroxylation sites is 1. The van der Waals surface area contributed by atoms with Gasteiger partial charge in [-0.15, -0.1) is 0 Å². The average molecular weight is 386 g/mol. The van der Waals surface area contributed by atoms with Gasteiger partial charge in [-0.3, -0.25) is 0 Å². The zero-order valence-corrected chi connectivity index (χ0v) is 17.0. The summed E-state index contributed by atoms with van der Waals surface area (Å²) in [6.07, 6.45) is 4.60. The zero-order chi connectivity index (χ0) is 20.5. The van der Waals surface area contributed by atoms with E-state index in [1.165, 1.54) is 7.11 Å². The van der Waals surface area contributed by atoms with Crippen molar-refractivity contribution in [3.8, 4) is 0 Å². The van der Waals surface area contributed by atoms with E-state index < -0.39 is 5.54 Å². The number of esters is 1. The lowest BCUT2D eigenvalue weighted by Gasteiger charge is -2.42. The molecule has 0 fully saturated rings. The standard InChI is InChI=1S/C26H27NO2/c1-3-27(24-19-11-6-12-20-24)26(25(28)29-2,23-17-9-5-10-18-23)21-13-16-22-14-7-4-8-15-22/h4-20H,3,21H2,1-2H3/b16-13+/t26-/m0/s1. The Labute approximate surface area is 173 Å². The molecule has 0 heterocycles. The topological polar surface area (TPSA) is 29.5 Å². The highest BCUT2D eigenvalue weighted by Crippen LogP contribution is 2.38. The molecule has 1 atom stereocenters. The minimum atomic E-state index is -0.961. The average Bonchev–Trinajstić information content (AvgIpc) is 2.80. The van der Waals surface area contributed by atoms with Crippen LogP contribution < -0.4 is 4.90 Å². The minimum absolute atomic E-state index is 0.271. The molecule has 0 spiro atoms. The SMILES string of the molecule is CCN(c1ccccc1)[C@](C/C=C/c1ccccc1)(C(=O)OC)c1ccccc1. The summed E-state index contributed by atoms with van der Waals surface area (Å²) in [5.41, 5.74) is 2.03. The summed E-state index contributed by atoms with van der Waals surface area (Å²) in [5, 5.41) is 0. The second-order valence-electron chi connectivity index (χ2n) is 6.81. The van der Waals surface area contributed by atoms with Crippen LogP contribution in [0.3, 0.4) is 0 Å². The summed E-state index contributed by atoms with van der Waals surface area (Å²) in [6.45, 7) is 2.72. The van der Waals surface area contributed by atoms with Crippen molar-refractivity contribution in [3.05, 3.63) is 108 Å². The first-order chi connectivity index (χ1) is 14.2. The van der Waals surface area contributed by atoms with Crippen LogP contribution in [0.25, 0.3) is 6.08 Å². The molecule has 0 aliphatic carbocycles. The lowest BCUT2D eigenvalue weighted by Crippen LogP contribution is -2.53. The van der Waals surface area contributed by atoms with Gasteiger partial charge in [0, 0.05) is 18.7 Å². The molecule has 29 heavy (non-hydrogen) atoms.